The van der Waals surface area contributed by atoms with Gasteiger partial charge in [0.1, 0.15) is 12.1 Å². The molecule has 186 valence electrons. The van der Waals surface area contributed by atoms with Crippen molar-refractivity contribution in [2.24, 2.45) is 11.5 Å². The Labute approximate surface area is 202 Å². The van der Waals surface area contributed by atoms with Crippen molar-refractivity contribution < 1.29 is 24.3 Å². The number of nitrogens with one attached hydrogen (secondary N) is 4. The molecule has 2 aromatic rings. The van der Waals surface area contributed by atoms with Crippen molar-refractivity contribution in [1.29, 1.82) is 0 Å². The minimum Gasteiger partial charge on any atom is -0.480 e. The first-order valence-corrected chi connectivity index (χ1v) is 11.6. The summed E-state index contributed by atoms with van der Waals surface area (Å²) < 4.78 is 0. The summed E-state index contributed by atoms with van der Waals surface area (Å²) in [5.74, 6) is -3.01. The lowest BCUT2D eigenvalue weighted by Gasteiger charge is -2.19. The van der Waals surface area contributed by atoms with E-state index in [0.717, 1.165) is 22.9 Å². The Hall–Kier alpha value is -3.09. The minimum atomic E-state index is -1.20. The first kappa shape index (κ1) is 27.2. The minimum absolute atomic E-state index is 0.00692. The normalized spacial score (nSPS) is 13.6. The average molecular weight is 493 g/mol. The van der Waals surface area contributed by atoms with Gasteiger partial charge in [-0.15, -0.1) is 0 Å². The smallest absolute Gasteiger partial charge is 0.326 e. The van der Waals surface area contributed by atoms with Gasteiger partial charge in [-0.2, -0.15) is 12.6 Å². The molecule has 0 aliphatic rings. The maximum Gasteiger partial charge on any atom is 0.326 e. The fourth-order valence-corrected chi connectivity index (χ4v) is 3.63. The van der Waals surface area contributed by atoms with Crippen LogP contribution in [0.5, 0.6) is 0 Å². The lowest BCUT2D eigenvalue weighted by molar-refractivity contribution is -0.141. The molecule has 1 aromatic heterocycles. The molecule has 0 saturated heterocycles. The van der Waals surface area contributed by atoms with Crippen LogP contribution < -0.4 is 27.4 Å². The van der Waals surface area contributed by atoms with Crippen LogP contribution in [0.1, 0.15) is 24.8 Å². The number of aromatic amines is 1. The highest BCUT2D eigenvalue weighted by Gasteiger charge is 2.25. The largest absolute Gasteiger partial charge is 0.480 e. The number of thiol groups is 1. The molecule has 0 bridgehead atoms. The molecule has 9 N–H and O–H groups in total. The molecule has 0 aliphatic heterocycles. The predicted molar refractivity (Wildman–Crippen MR) is 131 cm³/mol. The van der Waals surface area contributed by atoms with Gasteiger partial charge in [-0.1, -0.05) is 24.6 Å². The highest BCUT2D eigenvalue weighted by Crippen LogP contribution is 2.19. The Morgan fingerprint density at radius 1 is 1.06 bits per heavy atom. The molecular formula is C22H32N6O5S. The summed E-state index contributed by atoms with van der Waals surface area (Å²) >= 11 is 4.08. The number of aromatic nitrogens is 1. The summed E-state index contributed by atoms with van der Waals surface area (Å²) in [6, 6.07) is 4.46. The summed E-state index contributed by atoms with van der Waals surface area (Å²) in [5.41, 5.74) is 12.9. The number of amides is 3. The molecule has 1 aromatic carbocycles. The first-order valence-electron chi connectivity index (χ1n) is 11.0. The molecule has 0 saturated carbocycles. The number of carboxylic acids is 1. The van der Waals surface area contributed by atoms with E-state index in [-0.39, 0.29) is 12.2 Å². The van der Waals surface area contributed by atoms with Crippen molar-refractivity contribution in [2.45, 2.75) is 43.8 Å². The Kier molecular flexibility index (Phi) is 10.8. The van der Waals surface area contributed by atoms with Gasteiger partial charge in [-0.3, -0.25) is 14.4 Å². The topological polar surface area (TPSA) is 192 Å². The van der Waals surface area contributed by atoms with Crippen molar-refractivity contribution in [1.82, 2.24) is 20.9 Å². The van der Waals surface area contributed by atoms with Crippen LogP contribution in [0.2, 0.25) is 0 Å². The number of H-pyrrole nitrogens is 1. The number of rotatable bonds is 14. The van der Waals surface area contributed by atoms with Crippen molar-refractivity contribution in [3.63, 3.8) is 0 Å². The second-order valence-electron chi connectivity index (χ2n) is 7.87. The standard InChI is InChI=1S/C22H32N6O5S/c23-8-4-3-6-15(24)20(30)28-18(12-34)21(31)26-11-19(29)27-17(22(32)33)9-13-10-25-16-7-2-1-5-14(13)16/h1-2,5,7,10,15,17-18,25,34H,3-4,6,8-9,11-12,23-24H2,(H,26,31)(H,27,29)(H,28,30)(H,32,33). The van der Waals surface area contributed by atoms with Crippen LogP contribution in [0.4, 0.5) is 0 Å². The number of fused-ring (bicyclic) bond motifs is 1. The van der Waals surface area contributed by atoms with Crippen molar-refractivity contribution in [2.75, 3.05) is 18.8 Å². The maximum atomic E-state index is 12.4. The number of carbonyl (C=O) groups excluding carboxylic acids is 3. The lowest BCUT2D eigenvalue weighted by atomic mass is 10.0. The number of unbranched alkanes of at least 4 members (excludes halogenated alkanes) is 1. The van der Waals surface area contributed by atoms with Gasteiger partial charge in [-0.25, -0.2) is 4.79 Å². The predicted octanol–water partition coefficient (Wildman–Crippen LogP) is -0.733. The van der Waals surface area contributed by atoms with E-state index >= 15 is 0 Å². The molecule has 2 rings (SSSR count). The van der Waals surface area contributed by atoms with Crippen molar-refractivity contribution in [3.8, 4) is 0 Å². The van der Waals surface area contributed by atoms with Gasteiger partial charge in [0.2, 0.25) is 17.7 Å². The Balaban J connectivity index is 1.86. The summed E-state index contributed by atoms with van der Waals surface area (Å²) in [5, 5.41) is 17.7. The molecule has 0 fully saturated rings. The Morgan fingerprint density at radius 2 is 1.79 bits per heavy atom. The van der Waals surface area contributed by atoms with Crippen LogP contribution in [0, 0.1) is 0 Å². The fraction of sp³-hybridized carbons (Fsp3) is 0.455. The number of hydrogen-bond donors (Lipinski definition) is 8. The second kappa shape index (κ2) is 13.6. The summed E-state index contributed by atoms with van der Waals surface area (Å²) in [6.45, 7) is 0.0434. The number of para-hydroxylation sites is 1. The number of aliphatic carboxylic acids is 1. The summed E-state index contributed by atoms with van der Waals surface area (Å²) in [7, 11) is 0. The van der Waals surface area contributed by atoms with Gasteiger partial charge in [0.25, 0.3) is 0 Å². The van der Waals surface area contributed by atoms with Gasteiger partial charge in [0.15, 0.2) is 0 Å². The third-order valence-corrected chi connectivity index (χ3v) is 5.64. The van der Waals surface area contributed by atoms with Crippen LogP contribution in [0.25, 0.3) is 10.9 Å². The van der Waals surface area contributed by atoms with Crippen LogP contribution in [0.3, 0.4) is 0 Å². The monoisotopic (exact) mass is 492 g/mol. The van der Waals surface area contributed by atoms with Crippen LogP contribution in [-0.4, -0.2) is 70.7 Å². The molecular weight excluding hydrogens is 460 g/mol. The Bertz CT molecular complexity index is 997. The van der Waals surface area contributed by atoms with Crippen LogP contribution >= 0.6 is 12.6 Å². The van der Waals surface area contributed by atoms with Gasteiger partial charge in [-0.05, 0) is 31.0 Å². The van der Waals surface area contributed by atoms with E-state index in [1.54, 1.807) is 6.20 Å². The van der Waals surface area contributed by atoms with E-state index in [9.17, 15) is 24.3 Å². The van der Waals surface area contributed by atoms with E-state index in [0.29, 0.717) is 19.4 Å². The average Bonchev–Trinajstić information content (AvgIpc) is 3.23. The van der Waals surface area contributed by atoms with Crippen LogP contribution in [-0.2, 0) is 25.6 Å². The second-order valence-corrected chi connectivity index (χ2v) is 8.24. The zero-order valence-electron chi connectivity index (χ0n) is 18.8. The molecule has 34 heavy (non-hydrogen) atoms. The SMILES string of the molecule is NCCCCC(N)C(=O)NC(CS)C(=O)NCC(=O)NC(Cc1c[nH]c2ccccc12)C(=O)O. The number of hydrogen-bond acceptors (Lipinski definition) is 7. The van der Waals surface area contributed by atoms with Crippen molar-refractivity contribution >= 4 is 47.2 Å². The molecule has 0 radical (unpaired) electrons. The van der Waals surface area contributed by atoms with Gasteiger partial charge in [0.05, 0.1) is 12.6 Å². The molecule has 1 heterocycles. The van der Waals surface area contributed by atoms with E-state index < -0.39 is 48.4 Å². The number of carbonyl (C=O) groups is 4. The van der Waals surface area contributed by atoms with Gasteiger partial charge >= 0.3 is 5.97 Å². The molecule has 11 nitrogen and oxygen atoms in total. The molecule has 0 aliphatic carbocycles. The van der Waals surface area contributed by atoms with Crippen LogP contribution in [0.15, 0.2) is 30.5 Å². The third kappa shape index (κ3) is 8.04. The number of benzene rings is 1. The van der Waals surface area contributed by atoms with E-state index in [2.05, 4.69) is 33.6 Å². The fourth-order valence-electron chi connectivity index (χ4n) is 3.37. The maximum absolute atomic E-state index is 12.4. The molecule has 3 amide bonds. The van der Waals surface area contributed by atoms with Gasteiger partial charge in [0, 0.05) is 29.3 Å². The first-order chi connectivity index (χ1) is 16.3. The van der Waals surface area contributed by atoms with Gasteiger partial charge < -0.3 is 37.5 Å². The summed E-state index contributed by atoms with van der Waals surface area (Å²) in [6.07, 6.45) is 3.63. The quantitative estimate of drug-likeness (QED) is 0.126. The third-order valence-electron chi connectivity index (χ3n) is 5.28. The molecule has 3 unspecified atom stereocenters. The van der Waals surface area contributed by atoms with E-state index in [1.165, 1.54) is 0 Å². The molecule has 0 spiro atoms. The van der Waals surface area contributed by atoms with E-state index in [1.807, 2.05) is 24.3 Å². The number of nitrogens with two attached hydrogens (primary N) is 2. The zero-order chi connectivity index (χ0) is 25.1. The lowest BCUT2D eigenvalue weighted by Crippen LogP contribution is -2.54. The number of carboxylic acid groups (broad SMARTS) is 1. The Morgan fingerprint density at radius 3 is 2.47 bits per heavy atom. The zero-order valence-corrected chi connectivity index (χ0v) is 19.6. The highest BCUT2D eigenvalue weighted by molar-refractivity contribution is 7.80. The van der Waals surface area contributed by atoms with Crippen molar-refractivity contribution in [3.05, 3.63) is 36.0 Å². The van der Waals surface area contributed by atoms with E-state index in [4.69, 9.17) is 11.5 Å². The summed E-state index contributed by atoms with van der Waals surface area (Å²) in [4.78, 5) is 51.6. The highest BCUT2D eigenvalue weighted by atomic mass is 32.1. The molecule has 12 heteroatoms. The molecule has 3 atom stereocenters.